The Balaban J connectivity index is 0.000000447. The third-order valence-corrected chi connectivity index (χ3v) is 4.01. The monoisotopic (exact) mass is 400 g/mol. The number of rotatable bonds is 10. The van der Waals surface area contributed by atoms with Crippen LogP contribution in [0.25, 0.3) is 0 Å². The van der Waals surface area contributed by atoms with Gasteiger partial charge in [0.25, 0.3) is 0 Å². The lowest BCUT2D eigenvalue weighted by atomic mass is 10.1. The lowest BCUT2D eigenvalue weighted by Gasteiger charge is -2.22. The van der Waals surface area contributed by atoms with E-state index in [2.05, 4.69) is 33.9 Å². The fraction of sp³-hybridized carbons (Fsp3) is 0.391. The minimum atomic E-state index is -0.213. The average Bonchev–Trinajstić information content (AvgIpc) is 2.74. The van der Waals surface area contributed by atoms with Gasteiger partial charge in [0.1, 0.15) is 0 Å². The summed E-state index contributed by atoms with van der Waals surface area (Å²) in [5.74, 6) is -0.379. The minimum absolute atomic E-state index is 0.166. The quantitative estimate of drug-likeness (QED) is 0.617. The molecule has 0 radical (unpaired) electrons. The number of carbonyl (C=O) groups excluding carboxylic acids is 2. The second-order valence-electron chi connectivity index (χ2n) is 6.35. The molecule has 0 aromatic heterocycles. The van der Waals surface area contributed by atoms with E-state index in [0.29, 0.717) is 32.5 Å². The highest BCUT2D eigenvalue weighted by Crippen LogP contribution is 2.10. The van der Waals surface area contributed by atoms with Gasteiger partial charge in [-0.25, -0.2) is 0 Å². The van der Waals surface area contributed by atoms with Crippen LogP contribution in [-0.2, 0) is 32.2 Å². The molecule has 2 aromatic rings. The summed E-state index contributed by atoms with van der Waals surface area (Å²) in [6.45, 7) is 4.93. The number of esters is 2. The summed E-state index contributed by atoms with van der Waals surface area (Å²) in [5, 5.41) is 0. The smallest absolute Gasteiger partial charge is 0.307 e. The van der Waals surface area contributed by atoms with Crippen LogP contribution in [-0.4, -0.2) is 43.6 Å². The first-order valence-corrected chi connectivity index (χ1v) is 9.81. The van der Waals surface area contributed by atoms with Crippen molar-refractivity contribution in [2.75, 3.05) is 26.8 Å². The molecule has 2 N–H and O–H groups in total. The molecule has 0 spiro atoms. The van der Waals surface area contributed by atoms with E-state index < -0.39 is 0 Å². The number of benzene rings is 2. The number of hydrogen-bond donors (Lipinski definition) is 1. The van der Waals surface area contributed by atoms with Crippen LogP contribution in [0.2, 0.25) is 0 Å². The number of nitrogens with zero attached hydrogens (tertiary/aromatic N) is 1. The maximum Gasteiger partial charge on any atom is 0.307 e. The second kappa shape index (κ2) is 15.2. The van der Waals surface area contributed by atoms with E-state index in [9.17, 15) is 9.59 Å². The van der Waals surface area contributed by atoms with E-state index in [1.54, 1.807) is 6.92 Å². The van der Waals surface area contributed by atoms with E-state index in [4.69, 9.17) is 10.5 Å². The molecular formula is C23H32N2O4. The van der Waals surface area contributed by atoms with Crippen LogP contribution in [0, 0.1) is 0 Å². The molecule has 0 saturated carbocycles. The number of carbonyl (C=O) groups is 2. The van der Waals surface area contributed by atoms with Gasteiger partial charge in [0.15, 0.2) is 0 Å². The standard InChI is InChI=1S/C18H21NO2.C5H11NO2/c1-21-18(20)12-13-19(14-16-8-4-2-5-9-16)15-17-10-6-3-7-11-17;1-2-8-5(7)3-4-6/h2-11H,12-15H2,1H3;2-4,6H2,1H3. The summed E-state index contributed by atoms with van der Waals surface area (Å²) < 4.78 is 9.30. The number of ether oxygens (including phenoxy) is 2. The second-order valence-corrected chi connectivity index (χ2v) is 6.35. The van der Waals surface area contributed by atoms with Gasteiger partial charge < -0.3 is 15.2 Å². The molecule has 0 heterocycles. The summed E-state index contributed by atoms with van der Waals surface area (Å²) in [6.07, 6.45) is 0.740. The molecule has 0 saturated heterocycles. The molecule has 158 valence electrons. The van der Waals surface area contributed by atoms with E-state index >= 15 is 0 Å². The van der Waals surface area contributed by atoms with Crippen LogP contribution in [0.3, 0.4) is 0 Å². The molecule has 0 unspecified atom stereocenters. The van der Waals surface area contributed by atoms with Crippen molar-refractivity contribution >= 4 is 11.9 Å². The Morgan fingerprint density at radius 2 is 1.38 bits per heavy atom. The third-order valence-electron chi connectivity index (χ3n) is 4.01. The van der Waals surface area contributed by atoms with Crippen molar-refractivity contribution in [1.29, 1.82) is 0 Å². The lowest BCUT2D eigenvalue weighted by Crippen LogP contribution is -2.26. The van der Waals surface area contributed by atoms with Crippen molar-refractivity contribution in [2.24, 2.45) is 5.73 Å². The molecule has 29 heavy (non-hydrogen) atoms. The van der Waals surface area contributed by atoms with Gasteiger partial charge in [-0.05, 0) is 18.1 Å². The summed E-state index contributed by atoms with van der Waals surface area (Å²) in [4.78, 5) is 24.0. The zero-order chi connectivity index (χ0) is 21.3. The molecule has 0 amide bonds. The predicted molar refractivity (Wildman–Crippen MR) is 114 cm³/mol. The molecule has 0 aliphatic rings. The van der Waals surface area contributed by atoms with Gasteiger partial charge in [0, 0.05) is 26.2 Å². The normalized spacial score (nSPS) is 10.1. The highest BCUT2D eigenvalue weighted by molar-refractivity contribution is 5.69. The Hall–Kier alpha value is -2.70. The maximum absolute atomic E-state index is 11.4. The average molecular weight is 401 g/mol. The molecular weight excluding hydrogens is 368 g/mol. The highest BCUT2D eigenvalue weighted by Gasteiger charge is 2.10. The van der Waals surface area contributed by atoms with Crippen molar-refractivity contribution in [3.63, 3.8) is 0 Å². The van der Waals surface area contributed by atoms with Gasteiger partial charge in [-0.1, -0.05) is 60.7 Å². The Bertz CT molecular complexity index is 643. The SMILES string of the molecule is CCOC(=O)CCN.COC(=O)CCN(Cc1ccccc1)Cc1ccccc1. The topological polar surface area (TPSA) is 81.9 Å². The molecule has 0 bridgehead atoms. The lowest BCUT2D eigenvalue weighted by molar-refractivity contribution is -0.143. The van der Waals surface area contributed by atoms with E-state index in [0.717, 1.165) is 13.1 Å². The van der Waals surface area contributed by atoms with E-state index in [1.807, 2.05) is 36.4 Å². The third kappa shape index (κ3) is 11.7. The first kappa shape index (κ1) is 24.3. The molecule has 0 atom stereocenters. The van der Waals surface area contributed by atoms with Crippen LogP contribution in [0.5, 0.6) is 0 Å². The van der Waals surface area contributed by atoms with Gasteiger partial charge in [-0.3, -0.25) is 14.5 Å². The zero-order valence-electron chi connectivity index (χ0n) is 17.4. The van der Waals surface area contributed by atoms with E-state index in [-0.39, 0.29) is 11.9 Å². The molecule has 2 rings (SSSR count). The van der Waals surface area contributed by atoms with Gasteiger partial charge in [-0.15, -0.1) is 0 Å². The first-order chi connectivity index (χ1) is 14.1. The fourth-order valence-electron chi connectivity index (χ4n) is 2.60. The van der Waals surface area contributed by atoms with Crippen LogP contribution in [0.15, 0.2) is 60.7 Å². The Kier molecular flexibility index (Phi) is 12.8. The summed E-state index contributed by atoms with van der Waals surface area (Å²) in [5.41, 5.74) is 7.56. The van der Waals surface area contributed by atoms with Crippen molar-refractivity contribution in [2.45, 2.75) is 32.9 Å². The summed E-state index contributed by atoms with van der Waals surface area (Å²) in [6, 6.07) is 20.6. The minimum Gasteiger partial charge on any atom is -0.469 e. The summed E-state index contributed by atoms with van der Waals surface area (Å²) >= 11 is 0. The fourth-order valence-corrected chi connectivity index (χ4v) is 2.60. The number of methoxy groups -OCH3 is 1. The first-order valence-electron chi connectivity index (χ1n) is 9.81. The van der Waals surface area contributed by atoms with Crippen LogP contribution in [0.1, 0.15) is 30.9 Å². The largest absolute Gasteiger partial charge is 0.469 e. The Labute approximate surface area is 173 Å². The van der Waals surface area contributed by atoms with Crippen LogP contribution >= 0.6 is 0 Å². The van der Waals surface area contributed by atoms with Crippen molar-refractivity contribution in [3.8, 4) is 0 Å². The van der Waals surface area contributed by atoms with Crippen molar-refractivity contribution in [1.82, 2.24) is 4.90 Å². The predicted octanol–water partition coefficient (Wildman–Crippen LogP) is 3.15. The van der Waals surface area contributed by atoms with Gasteiger partial charge in [0.2, 0.25) is 0 Å². The molecule has 0 aliphatic carbocycles. The molecule has 0 aliphatic heterocycles. The number of hydrogen-bond acceptors (Lipinski definition) is 6. The van der Waals surface area contributed by atoms with Crippen molar-refractivity contribution < 1.29 is 19.1 Å². The van der Waals surface area contributed by atoms with E-state index in [1.165, 1.54) is 18.2 Å². The summed E-state index contributed by atoms with van der Waals surface area (Å²) in [7, 11) is 1.43. The molecule has 2 aromatic carbocycles. The van der Waals surface area contributed by atoms with Crippen LogP contribution < -0.4 is 5.73 Å². The number of nitrogens with two attached hydrogens (primary N) is 1. The van der Waals surface area contributed by atoms with Crippen LogP contribution in [0.4, 0.5) is 0 Å². The molecule has 6 heteroatoms. The maximum atomic E-state index is 11.4. The Morgan fingerprint density at radius 1 is 0.862 bits per heavy atom. The highest BCUT2D eigenvalue weighted by atomic mass is 16.5. The van der Waals surface area contributed by atoms with Crippen molar-refractivity contribution in [3.05, 3.63) is 71.8 Å². The van der Waals surface area contributed by atoms with Gasteiger partial charge in [0.05, 0.1) is 26.6 Å². The molecule has 6 nitrogen and oxygen atoms in total. The van der Waals surface area contributed by atoms with Gasteiger partial charge >= 0.3 is 11.9 Å². The Morgan fingerprint density at radius 3 is 1.79 bits per heavy atom. The zero-order valence-corrected chi connectivity index (χ0v) is 17.4. The van der Waals surface area contributed by atoms with Gasteiger partial charge in [-0.2, -0.15) is 0 Å². The molecule has 0 fully saturated rings.